The van der Waals surface area contributed by atoms with Gasteiger partial charge in [-0.15, -0.1) is 0 Å². The van der Waals surface area contributed by atoms with Crippen LogP contribution in [0.5, 0.6) is 0 Å². The van der Waals surface area contributed by atoms with E-state index in [4.69, 9.17) is 16.3 Å². The van der Waals surface area contributed by atoms with Crippen LogP contribution in [0.3, 0.4) is 0 Å². The van der Waals surface area contributed by atoms with E-state index in [9.17, 15) is 9.59 Å². The lowest BCUT2D eigenvalue weighted by Gasteiger charge is -2.15. The van der Waals surface area contributed by atoms with Gasteiger partial charge in [0.05, 0.1) is 17.3 Å². The fourth-order valence-electron chi connectivity index (χ4n) is 3.50. The molecule has 0 radical (unpaired) electrons. The third-order valence-corrected chi connectivity index (χ3v) is 6.23. The van der Waals surface area contributed by atoms with Gasteiger partial charge in [-0.25, -0.2) is 0 Å². The highest BCUT2D eigenvalue weighted by Crippen LogP contribution is 2.24. The Morgan fingerprint density at radius 3 is 2.71 bits per heavy atom. The van der Waals surface area contributed by atoms with Crippen LogP contribution in [0, 0.1) is 0 Å². The molecule has 0 aliphatic heterocycles. The number of benzene rings is 2. The van der Waals surface area contributed by atoms with Crippen LogP contribution in [0.15, 0.2) is 41.4 Å². The maximum absolute atomic E-state index is 12.8. The number of halogens is 1. The van der Waals surface area contributed by atoms with Gasteiger partial charge in [-0.05, 0) is 67.1 Å². The normalized spacial score (nSPS) is 14.1. The van der Waals surface area contributed by atoms with Crippen molar-refractivity contribution in [2.75, 3.05) is 7.11 Å². The fraction of sp³-hybridized carbons (Fsp3) is 0.286. The topological polar surface area (TPSA) is 60.7 Å². The molecule has 1 amide bonds. The van der Waals surface area contributed by atoms with Gasteiger partial charge in [-0.1, -0.05) is 29.0 Å². The van der Waals surface area contributed by atoms with Crippen LogP contribution in [-0.4, -0.2) is 23.6 Å². The van der Waals surface area contributed by atoms with Crippen molar-refractivity contribution < 1.29 is 14.3 Å². The minimum Gasteiger partial charge on any atom is -0.468 e. The zero-order valence-corrected chi connectivity index (χ0v) is 17.0. The molecule has 3 aromatic rings. The Bertz CT molecular complexity index is 1150. The molecule has 5 nitrogen and oxygen atoms in total. The zero-order chi connectivity index (χ0) is 19.7. The van der Waals surface area contributed by atoms with Crippen LogP contribution in [0.2, 0.25) is 5.02 Å². The van der Waals surface area contributed by atoms with Gasteiger partial charge in [-0.3, -0.25) is 9.59 Å². The number of esters is 1. The van der Waals surface area contributed by atoms with Crippen molar-refractivity contribution in [3.05, 3.63) is 62.9 Å². The molecule has 0 saturated carbocycles. The Morgan fingerprint density at radius 1 is 1.14 bits per heavy atom. The van der Waals surface area contributed by atoms with Crippen LogP contribution in [0.4, 0.5) is 0 Å². The highest BCUT2D eigenvalue weighted by Gasteiger charge is 2.15. The molecule has 28 heavy (non-hydrogen) atoms. The molecule has 0 unspecified atom stereocenters. The van der Waals surface area contributed by atoms with E-state index in [0.717, 1.165) is 29.5 Å². The van der Waals surface area contributed by atoms with Gasteiger partial charge in [0.2, 0.25) is 0 Å². The summed E-state index contributed by atoms with van der Waals surface area (Å²) in [7, 11) is 1.34. The SMILES string of the molecule is COC(=O)Cn1c(=NC(=O)c2ccc3c(c2)CCCC3)sc2cc(Cl)ccc21. The molecule has 1 aliphatic rings. The number of aromatic nitrogens is 1. The van der Waals surface area contributed by atoms with Gasteiger partial charge < -0.3 is 9.30 Å². The first-order valence-electron chi connectivity index (χ1n) is 9.12. The second-order valence-electron chi connectivity index (χ2n) is 6.77. The van der Waals surface area contributed by atoms with Crippen LogP contribution >= 0.6 is 22.9 Å². The monoisotopic (exact) mass is 414 g/mol. The Labute approximate surface area is 171 Å². The second-order valence-corrected chi connectivity index (χ2v) is 8.21. The number of methoxy groups -OCH3 is 1. The van der Waals surface area contributed by atoms with E-state index in [1.807, 2.05) is 24.3 Å². The summed E-state index contributed by atoms with van der Waals surface area (Å²) in [6.45, 7) is -0.0194. The smallest absolute Gasteiger partial charge is 0.325 e. The number of thiazole rings is 1. The Morgan fingerprint density at radius 2 is 1.93 bits per heavy atom. The van der Waals surface area contributed by atoms with Crippen molar-refractivity contribution >= 4 is 45.0 Å². The summed E-state index contributed by atoms with van der Waals surface area (Å²) in [6, 6.07) is 11.2. The van der Waals surface area contributed by atoms with E-state index in [-0.39, 0.29) is 12.5 Å². The average molecular weight is 415 g/mol. The van der Waals surface area contributed by atoms with E-state index in [0.29, 0.717) is 15.4 Å². The second kappa shape index (κ2) is 7.89. The van der Waals surface area contributed by atoms with Gasteiger partial charge in [0, 0.05) is 10.6 Å². The molecule has 0 fully saturated rings. The number of rotatable bonds is 3. The van der Waals surface area contributed by atoms with Gasteiger partial charge in [-0.2, -0.15) is 4.99 Å². The van der Waals surface area contributed by atoms with E-state index in [2.05, 4.69) is 4.99 Å². The molecule has 2 aromatic carbocycles. The predicted molar refractivity (Wildman–Crippen MR) is 110 cm³/mol. The molecular weight excluding hydrogens is 396 g/mol. The summed E-state index contributed by atoms with van der Waals surface area (Å²) < 4.78 is 7.34. The third-order valence-electron chi connectivity index (χ3n) is 4.95. The molecule has 0 N–H and O–H groups in total. The number of fused-ring (bicyclic) bond motifs is 2. The van der Waals surface area contributed by atoms with E-state index >= 15 is 0 Å². The van der Waals surface area contributed by atoms with Crippen LogP contribution in [0.1, 0.15) is 34.3 Å². The van der Waals surface area contributed by atoms with Crippen molar-refractivity contribution in [2.24, 2.45) is 4.99 Å². The summed E-state index contributed by atoms with van der Waals surface area (Å²) in [4.78, 5) is 29.5. The summed E-state index contributed by atoms with van der Waals surface area (Å²) >= 11 is 7.42. The van der Waals surface area contributed by atoms with Crippen molar-refractivity contribution in [3.63, 3.8) is 0 Å². The minimum atomic E-state index is -0.405. The van der Waals surface area contributed by atoms with E-state index < -0.39 is 5.97 Å². The lowest BCUT2D eigenvalue weighted by atomic mass is 9.90. The summed E-state index contributed by atoms with van der Waals surface area (Å²) in [5.41, 5.74) is 3.91. The summed E-state index contributed by atoms with van der Waals surface area (Å²) in [5.74, 6) is -0.720. The third kappa shape index (κ3) is 3.75. The Hall–Kier alpha value is -2.44. The number of amides is 1. The highest BCUT2D eigenvalue weighted by atomic mass is 35.5. The minimum absolute atomic E-state index is 0.0194. The number of aryl methyl sites for hydroxylation is 2. The zero-order valence-electron chi connectivity index (χ0n) is 15.4. The van der Waals surface area contributed by atoms with Crippen LogP contribution in [0.25, 0.3) is 10.2 Å². The summed E-state index contributed by atoms with van der Waals surface area (Å²) in [5, 5.41) is 0.589. The number of carbonyl (C=O) groups is 2. The average Bonchev–Trinajstić information content (AvgIpc) is 3.03. The quantitative estimate of drug-likeness (QED) is 0.605. The van der Waals surface area contributed by atoms with Gasteiger partial charge in [0.1, 0.15) is 6.54 Å². The van der Waals surface area contributed by atoms with Gasteiger partial charge in [0.15, 0.2) is 4.80 Å². The largest absolute Gasteiger partial charge is 0.468 e. The molecule has 1 aliphatic carbocycles. The lowest BCUT2D eigenvalue weighted by Crippen LogP contribution is -2.22. The number of ether oxygens (including phenoxy) is 1. The summed E-state index contributed by atoms with van der Waals surface area (Å²) in [6.07, 6.45) is 4.41. The number of hydrogen-bond donors (Lipinski definition) is 0. The first-order valence-corrected chi connectivity index (χ1v) is 10.3. The van der Waals surface area contributed by atoms with E-state index in [1.165, 1.54) is 36.0 Å². The Kier molecular flexibility index (Phi) is 5.33. The first-order chi connectivity index (χ1) is 13.5. The Balaban J connectivity index is 1.78. The van der Waals surface area contributed by atoms with Gasteiger partial charge in [0.25, 0.3) is 5.91 Å². The van der Waals surface area contributed by atoms with Crippen molar-refractivity contribution in [1.82, 2.24) is 4.57 Å². The van der Waals surface area contributed by atoms with Crippen molar-refractivity contribution in [3.8, 4) is 0 Å². The predicted octanol–water partition coefficient (Wildman–Crippen LogP) is 4.15. The lowest BCUT2D eigenvalue weighted by molar-refractivity contribution is -0.141. The molecule has 4 rings (SSSR count). The first kappa shape index (κ1) is 18.9. The molecule has 0 saturated heterocycles. The molecule has 1 heterocycles. The van der Waals surface area contributed by atoms with Crippen LogP contribution < -0.4 is 4.80 Å². The maximum atomic E-state index is 12.8. The van der Waals surface area contributed by atoms with Gasteiger partial charge >= 0.3 is 5.97 Å². The van der Waals surface area contributed by atoms with Crippen molar-refractivity contribution in [1.29, 1.82) is 0 Å². The van der Waals surface area contributed by atoms with Crippen molar-refractivity contribution in [2.45, 2.75) is 32.2 Å². The molecule has 0 spiro atoms. The molecule has 1 aromatic heterocycles. The maximum Gasteiger partial charge on any atom is 0.325 e. The standard InChI is InChI=1S/C21H19ClN2O3S/c1-27-19(25)12-24-17-9-8-16(22)11-18(17)28-21(24)23-20(26)15-7-6-13-4-2-3-5-14(13)10-15/h6-11H,2-5,12H2,1H3. The van der Waals surface area contributed by atoms with E-state index in [1.54, 1.807) is 16.7 Å². The van der Waals surface area contributed by atoms with Crippen LogP contribution in [-0.2, 0) is 28.9 Å². The fourth-order valence-corrected chi connectivity index (χ4v) is 4.80. The molecule has 0 bridgehead atoms. The number of hydrogen-bond acceptors (Lipinski definition) is 4. The molecule has 7 heteroatoms. The molecule has 144 valence electrons. The number of carbonyl (C=O) groups excluding carboxylic acids is 2. The molecule has 0 atom stereocenters. The number of nitrogens with zero attached hydrogens (tertiary/aromatic N) is 2. The molecular formula is C21H19ClN2O3S. The highest BCUT2D eigenvalue weighted by molar-refractivity contribution is 7.16.